The Morgan fingerprint density at radius 2 is 1.64 bits per heavy atom. The Kier molecular flexibility index (Phi) is 7.13. The maximum atomic E-state index is 13.4. The number of carbonyl (C=O) groups is 4. The first-order chi connectivity index (χ1) is 15.9. The molecule has 2 aromatic rings. The van der Waals surface area contributed by atoms with Crippen molar-refractivity contribution in [3.63, 3.8) is 0 Å². The summed E-state index contributed by atoms with van der Waals surface area (Å²) in [6, 6.07) is 13.9. The maximum absolute atomic E-state index is 13.4. The summed E-state index contributed by atoms with van der Waals surface area (Å²) < 4.78 is 0. The van der Waals surface area contributed by atoms with Gasteiger partial charge in [0, 0.05) is 29.2 Å². The minimum atomic E-state index is -0.888. The van der Waals surface area contributed by atoms with Crippen LogP contribution in [0.5, 0.6) is 0 Å². The van der Waals surface area contributed by atoms with E-state index in [2.05, 4.69) is 5.32 Å². The van der Waals surface area contributed by atoms with Gasteiger partial charge in [0.05, 0.1) is 5.69 Å². The maximum Gasteiger partial charge on any atom is 0.250 e. The van der Waals surface area contributed by atoms with E-state index < -0.39 is 5.25 Å². The van der Waals surface area contributed by atoms with E-state index in [1.54, 1.807) is 35.2 Å². The van der Waals surface area contributed by atoms with Gasteiger partial charge >= 0.3 is 0 Å². The van der Waals surface area contributed by atoms with E-state index in [1.807, 2.05) is 18.2 Å². The van der Waals surface area contributed by atoms with Gasteiger partial charge in [-0.2, -0.15) is 0 Å². The number of nitrogens with zero attached hydrogens (tertiary/aromatic N) is 2. The molecule has 2 aliphatic heterocycles. The van der Waals surface area contributed by atoms with Crippen LogP contribution in [0.4, 0.5) is 11.4 Å². The Bertz CT molecular complexity index is 1060. The molecule has 8 heteroatoms. The van der Waals surface area contributed by atoms with Crippen molar-refractivity contribution in [2.75, 3.05) is 29.9 Å². The van der Waals surface area contributed by atoms with Crippen LogP contribution in [0.2, 0.25) is 0 Å². The van der Waals surface area contributed by atoms with E-state index >= 15 is 0 Å². The first kappa shape index (κ1) is 23.0. The van der Waals surface area contributed by atoms with Crippen LogP contribution < -0.4 is 10.2 Å². The van der Waals surface area contributed by atoms with Crippen molar-refractivity contribution in [3.05, 3.63) is 54.1 Å². The van der Waals surface area contributed by atoms with Crippen molar-refractivity contribution in [1.82, 2.24) is 4.90 Å². The summed E-state index contributed by atoms with van der Waals surface area (Å²) in [5.41, 5.74) is 1.73. The van der Waals surface area contributed by atoms with Gasteiger partial charge in [0.15, 0.2) is 11.0 Å². The Labute approximate surface area is 197 Å². The van der Waals surface area contributed by atoms with Gasteiger partial charge in [0.25, 0.3) is 5.91 Å². The average Bonchev–Trinajstić information content (AvgIpc) is 3.10. The molecule has 33 heavy (non-hydrogen) atoms. The summed E-state index contributed by atoms with van der Waals surface area (Å²) in [6.07, 6.45) is 4.08. The standard InChI is InChI=1S/C25H27N3O4S/c1-17(29)18-10-12-19(13-11-18)26-22(30)16-28-20-8-4-5-9-21(20)33-23(25(28)32)24(31)27-14-6-2-3-7-15-27/h4-5,8-13,23H,2-3,6-7,14-16H2,1H3,(H,26,30). The first-order valence-corrected chi connectivity index (χ1v) is 12.1. The third-order valence-corrected chi connectivity index (χ3v) is 7.15. The van der Waals surface area contributed by atoms with Gasteiger partial charge in [-0.3, -0.25) is 19.2 Å². The molecule has 1 unspecified atom stereocenters. The second-order valence-corrected chi connectivity index (χ2v) is 9.46. The molecule has 2 aromatic carbocycles. The predicted octanol–water partition coefficient (Wildman–Crippen LogP) is 3.74. The highest BCUT2D eigenvalue weighted by Gasteiger charge is 2.40. The largest absolute Gasteiger partial charge is 0.341 e. The quantitative estimate of drug-likeness (QED) is 0.537. The van der Waals surface area contributed by atoms with E-state index in [4.69, 9.17) is 0 Å². The molecule has 2 heterocycles. The minimum Gasteiger partial charge on any atom is -0.341 e. The number of benzene rings is 2. The van der Waals surface area contributed by atoms with E-state index in [0.29, 0.717) is 30.0 Å². The number of carbonyl (C=O) groups excluding carboxylic acids is 4. The van der Waals surface area contributed by atoms with Crippen molar-refractivity contribution in [2.24, 2.45) is 0 Å². The molecule has 1 atom stereocenters. The van der Waals surface area contributed by atoms with Crippen LogP contribution in [0, 0.1) is 0 Å². The van der Waals surface area contributed by atoms with Gasteiger partial charge < -0.3 is 15.1 Å². The van der Waals surface area contributed by atoms with Crippen LogP contribution in [0.25, 0.3) is 0 Å². The van der Waals surface area contributed by atoms with E-state index in [1.165, 1.54) is 23.6 Å². The number of amides is 3. The van der Waals surface area contributed by atoms with Gasteiger partial charge in [-0.25, -0.2) is 0 Å². The van der Waals surface area contributed by atoms with E-state index in [9.17, 15) is 19.2 Å². The van der Waals surface area contributed by atoms with Crippen LogP contribution in [-0.4, -0.2) is 53.3 Å². The van der Waals surface area contributed by atoms with Crippen molar-refractivity contribution in [2.45, 2.75) is 42.8 Å². The zero-order valence-electron chi connectivity index (χ0n) is 18.6. The SMILES string of the molecule is CC(=O)c1ccc(NC(=O)CN2C(=O)C(C(=O)N3CCCCCC3)Sc3ccccc32)cc1. The summed E-state index contributed by atoms with van der Waals surface area (Å²) in [7, 11) is 0. The molecule has 2 aliphatic rings. The molecule has 1 fully saturated rings. The van der Waals surface area contributed by atoms with Crippen molar-refractivity contribution >= 4 is 46.6 Å². The molecular weight excluding hydrogens is 438 g/mol. The third-order valence-electron chi connectivity index (χ3n) is 5.91. The average molecular weight is 466 g/mol. The lowest BCUT2D eigenvalue weighted by Gasteiger charge is -2.34. The Morgan fingerprint density at radius 3 is 2.30 bits per heavy atom. The summed E-state index contributed by atoms with van der Waals surface area (Å²) in [5, 5.41) is 1.89. The summed E-state index contributed by atoms with van der Waals surface area (Å²) in [6.45, 7) is 2.62. The number of fused-ring (bicyclic) bond motifs is 1. The highest BCUT2D eigenvalue weighted by atomic mass is 32.2. The number of rotatable bonds is 5. The molecule has 7 nitrogen and oxygen atoms in total. The number of anilines is 2. The molecule has 3 amide bonds. The zero-order valence-corrected chi connectivity index (χ0v) is 19.4. The highest BCUT2D eigenvalue weighted by molar-refractivity contribution is 8.01. The molecule has 0 radical (unpaired) electrons. The monoisotopic (exact) mass is 465 g/mol. The van der Waals surface area contributed by atoms with Gasteiger partial charge in [-0.1, -0.05) is 25.0 Å². The van der Waals surface area contributed by atoms with Crippen LogP contribution in [0.3, 0.4) is 0 Å². The van der Waals surface area contributed by atoms with Gasteiger partial charge in [-0.15, -0.1) is 11.8 Å². The number of hydrogen-bond acceptors (Lipinski definition) is 5. The van der Waals surface area contributed by atoms with Crippen molar-refractivity contribution < 1.29 is 19.2 Å². The molecular formula is C25H27N3O4S. The minimum absolute atomic E-state index is 0.0546. The molecule has 172 valence electrons. The van der Waals surface area contributed by atoms with Crippen molar-refractivity contribution in [1.29, 1.82) is 0 Å². The zero-order chi connectivity index (χ0) is 23.4. The molecule has 0 aliphatic carbocycles. The fraction of sp³-hybridized carbons (Fsp3) is 0.360. The van der Waals surface area contributed by atoms with Crippen LogP contribution in [0.1, 0.15) is 43.0 Å². The lowest BCUT2D eigenvalue weighted by atomic mass is 10.1. The van der Waals surface area contributed by atoms with E-state index in [0.717, 1.165) is 30.6 Å². The fourth-order valence-corrected chi connectivity index (χ4v) is 5.31. The van der Waals surface area contributed by atoms with Crippen LogP contribution in [-0.2, 0) is 14.4 Å². The normalized spacial score (nSPS) is 18.3. The van der Waals surface area contributed by atoms with Crippen LogP contribution >= 0.6 is 11.8 Å². The van der Waals surface area contributed by atoms with Gasteiger partial charge in [-0.05, 0) is 56.2 Å². The van der Waals surface area contributed by atoms with Gasteiger partial charge in [0.1, 0.15) is 6.54 Å². The second-order valence-electron chi connectivity index (χ2n) is 8.31. The highest BCUT2D eigenvalue weighted by Crippen LogP contribution is 2.39. The lowest BCUT2D eigenvalue weighted by molar-refractivity contribution is -0.135. The second kappa shape index (κ2) is 10.2. The summed E-state index contributed by atoms with van der Waals surface area (Å²) >= 11 is 1.27. The van der Waals surface area contributed by atoms with Gasteiger partial charge in [0.2, 0.25) is 11.8 Å². The molecule has 4 rings (SSSR count). The number of para-hydroxylation sites is 1. The molecule has 0 aromatic heterocycles. The number of likely N-dealkylation sites (tertiary alicyclic amines) is 1. The van der Waals surface area contributed by atoms with Crippen LogP contribution in [0.15, 0.2) is 53.4 Å². The number of Topliss-reactive ketones (excluding diaryl/α,β-unsaturated/α-hetero) is 1. The molecule has 0 spiro atoms. The Balaban J connectivity index is 1.51. The lowest BCUT2D eigenvalue weighted by Crippen LogP contribution is -2.51. The molecule has 0 bridgehead atoms. The summed E-state index contributed by atoms with van der Waals surface area (Å²) in [4.78, 5) is 54.9. The topological polar surface area (TPSA) is 86.8 Å². The first-order valence-electron chi connectivity index (χ1n) is 11.2. The number of nitrogens with one attached hydrogen (secondary N) is 1. The number of ketones is 1. The molecule has 1 saturated heterocycles. The summed E-state index contributed by atoms with van der Waals surface area (Å²) in [5.74, 6) is -0.968. The smallest absolute Gasteiger partial charge is 0.250 e. The predicted molar refractivity (Wildman–Crippen MR) is 129 cm³/mol. The Morgan fingerprint density at radius 1 is 0.970 bits per heavy atom. The Hall–Kier alpha value is -3.13. The van der Waals surface area contributed by atoms with Crippen molar-refractivity contribution in [3.8, 4) is 0 Å². The molecule has 0 saturated carbocycles. The number of thioether (sulfide) groups is 1. The third kappa shape index (κ3) is 5.27. The van der Waals surface area contributed by atoms with E-state index in [-0.39, 0.29) is 30.0 Å². The molecule has 1 N–H and O–H groups in total. The fourth-order valence-electron chi connectivity index (χ4n) is 4.13. The number of hydrogen-bond donors (Lipinski definition) is 1.